The second-order valence-corrected chi connectivity index (χ2v) is 3.74. The average molecular weight is 239 g/mol. The zero-order valence-corrected chi connectivity index (χ0v) is 9.39. The molecule has 0 amide bonds. The molecule has 3 aromatic heterocycles. The Bertz CT molecular complexity index is 692. The van der Waals surface area contributed by atoms with Gasteiger partial charge in [-0.1, -0.05) is 6.07 Å². The van der Waals surface area contributed by atoms with Gasteiger partial charge in [0.05, 0.1) is 19.1 Å². The van der Waals surface area contributed by atoms with Gasteiger partial charge in [0.2, 0.25) is 5.78 Å². The molecule has 3 aromatic rings. The molecule has 0 saturated heterocycles. The van der Waals surface area contributed by atoms with Gasteiger partial charge in [-0.25, -0.2) is 15.0 Å². The predicted molar refractivity (Wildman–Crippen MR) is 63.9 cm³/mol. The molecule has 0 bridgehead atoms. The minimum atomic E-state index is -0.0755. The maximum Gasteiger partial charge on any atom is 0.200 e. The number of hydrogen-bond donors (Lipinski definition) is 0. The molecule has 6 heteroatoms. The molecule has 3 heterocycles. The lowest BCUT2D eigenvalue weighted by Crippen LogP contribution is -2.11. The van der Waals surface area contributed by atoms with Crippen LogP contribution in [0.1, 0.15) is 10.5 Å². The molecule has 0 aromatic carbocycles. The van der Waals surface area contributed by atoms with E-state index in [0.717, 1.165) is 0 Å². The van der Waals surface area contributed by atoms with Crippen LogP contribution >= 0.6 is 0 Å². The molecule has 0 aliphatic carbocycles. The quantitative estimate of drug-likeness (QED) is 0.640. The Balaban J connectivity index is 1.91. The summed E-state index contributed by atoms with van der Waals surface area (Å²) < 4.78 is 1.69. The molecule has 3 rings (SSSR count). The highest BCUT2D eigenvalue weighted by molar-refractivity contribution is 5.94. The Morgan fingerprint density at radius 1 is 1.22 bits per heavy atom. The molecule has 0 saturated carbocycles. The molecule has 0 N–H and O–H groups in total. The van der Waals surface area contributed by atoms with Crippen LogP contribution in [-0.4, -0.2) is 30.3 Å². The molecule has 0 aliphatic heterocycles. The minimum Gasteiger partial charge on any atom is -0.307 e. The van der Waals surface area contributed by atoms with Crippen molar-refractivity contribution in [2.24, 2.45) is 0 Å². The topological polar surface area (TPSA) is 73.6 Å². The highest BCUT2D eigenvalue weighted by Crippen LogP contribution is 2.08. The maximum atomic E-state index is 12.0. The summed E-state index contributed by atoms with van der Waals surface area (Å²) in [5, 5.41) is 0. The lowest BCUT2D eigenvalue weighted by molar-refractivity contribution is 0.0968. The number of carbonyl (C=O) groups is 1. The summed E-state index contributed by atoms with van der Waals surface area (Å²) in [7, 11) is 0. The van der Waals surface area contributed by atoms with Crippen molar-refractivity contribution < 1.29 is 4.79 Å². The van der Waals surface area contributed by atoms with Gasteiger partial charge < -0.3 is 4.57 Å². The zero-order valence-electron chi connectivity index (χ0n) is 9.39. The van der Waals surface area contributed by atoms with Crippen LogP contribution in [0.5, 0.6) is 0 Å². The largest absolute Gasteiger partial charge is 0.307 e. The molecule has 0 unspecified atom stereocenters. The van der Waals surface area contributed by atoms with Gasteiger partial charge in [-0.15, -0.1) is 0 Å². The highest BCUT2D eigenvalue weighted by Gasteiger charge is 2.10. The summed E-state index contributed by atoms with van der Waals surface area (Å²) in [6.07, 6.45) is 6.23. The van der Waals surface area contributed by atoms with E-state index in [9.17, 15) is 4.79 Å². The molecule has 0 fully saturated rings. The van der Waals surface area contributed by atoms with E-state index < -0.39 is 0 Å². The SMILES string of the molecule is O=C(Cn1cnc2cncnc21)c1ccccn1. The monoisotopic (exact) mass is 239 g/mol. The van der Waals surface area contributed by atoms with Crippen LogP contribution in [0.4, 0.5) is 0 Å². The molecule has 0 atom stereocenters. The average Bonchev–Trinajstić information content (AvgIpc) is 2.83. The van der Waals surface area contributed by atoms with Gasteiger partial charge in [0, 0.05) is 6.20 Å². The van der Waals surface area contributed by atoms with Gasteiger partial charge in [-0.05, 0) is 12.1 Å². The zero-order chi connectivity index (χ0) is 12.4. The second kappa shape index (κ2) is 4.33. The van der Waals surface area contributed by atoms with Crippen molar-refractivity contribution in [2.45, 2.75) is 6.54 Å². The summed E-state index contributed by atoms with van der Waals surface area (Å²) in [5.74, 6) is -0.0755. The van der Waals surface area contributed by atoms with Crippen molar-refractivity contribution in [1.29, 1.82) is 0 Å². The van der Waals surface area contributed by atoms with E-state index in [-0.39, 0.29) is 12.3 Å². The van der Waals surface area contributed by atoms with Gasteiger partial charge in [0.25, 0.3) is 0 Å². The summed E-state index contributed by atoms with van der Waals surface area (Å²) in [4.78, 5) is 28.1. The number of aromatic nitrogens is 5. The van der Waals surface area contributed by atoms with Crippen molar-refractivity contribution in [3.63, 3.8) is 0 Å². The number of pyridine rings is 1. The Hall–Kier alpha value is -2.63. The first-order valence-electron chi connectivity index (χ1n) is 5.39. The maximum absolute atomic E-state index is 12.0. The predicted octanol–water partition coefficient (Wildman–Crippen LogP) is 1.10. The molecule has 6 nitrogen and oxygen atoms in total. The summed E-state index contributed by atoms with van der Waals surface area (Å²) in [6, 6.07) is 5.25. The van der Waals surface area contributed by atoms with E-state index >= 15 is 0 Å². The Labute approximate surface area is 102 Å². The first-order valence-corrected chi connectivity index (χ1v) is 5.39. The molecule has 0 spiro atoms. The van der Waals surface area contributed by atoms with E-state index in [4.69, 9.17) is 0 Å². The highest BCUT2D eigenvalue weighted by atomic mass is 16.1. The van der Waals surface area contributed by atoms with Crippen LogP contribution in [0.2, 0.25) is 0 Å². The Morgan fingerprint density at radius 3 is 3.00 bits per heavy atom. The summed E-state index contributed by atoms with van der Waals surface area (Å²) >= 11 is 0. The number of fused-ring (bicyclic) bond motifs is 1. The van der Waals surface area contributed by atoms with Crippen LogP contribution in [-0.2, 0) is 6.54 Å². The molecule has 18 heavy (non-hydrogen) atoms. The van der Waals surface area contributed by atoms with Crippen molar-refractivity contribution in [3.05, 3.63) is 48.9 Å². The van der Waals surface area contributed by atoms with Crippen LogP contribution < -0.4 is 0 Å². The second-order valence-electron chi connectivity index (χ2n) is 3.74. The molecule has 88 valence electrons. The Kier molecular flexibility index (Phi) is 2.53. The molecular weight excluding hydrogens is 230 g/mol. The third kappa shape index (κ3) is 1.84. The Morgan fingerprint density at radius 2 is 2.17 bits per heavy atom. The first kappa shape index (κ1) is 10.5. The van der Waals surface area contributed by atoms with E-state index in [1.165, 1.54) is 6.33 Å². The van der Waals surface area contributed by atoms with Crippen molar-refractivity contribution in [1.82, 2.24) is 24.5 Å². The number of Topliss-reactive ketones (excluding diaryl/α,β-unsaturated/α-hetero) is 1. The fraction of sp³-hybridized carbons (Fsp3) is 0.0833. The first-order chi connectivity index (χ1) is 8.84. The standard InChI is InChI=1S/C12H9N5O/c18-11(9-3-1-2-4-14-9)6-17-8-16-10-5-13-7-15-12(10)17/h1-5,7-8H,6H2. The van der Waals surface area contributed by atoms with Gasteiger partial charge >= 0.3 is 0 Å². The van der Waals surface area contributed by atoms with Gasteiger partial charge in [-0.2, -0.15) is 0 Å². The van der Waals surface area contributed by atoms with Crippen molar-refractivity contribution >= 4 is 16.9 Å². The molecule has 0 aliphatic rings. The van der Waals surface area contributed by atoms with Crippen molar-refractivity contribution in [3.8, 4) is 0 Å². The number of rotatable bonds is 3. The van der Waals surface area contributed by atoms with Gasteiger partial charge in [0.1, 0.15) is 17.5 Å². The number of nitrogens with zero attached hydrogens (tertiary/aromatic N) is 5. The van der Waals surface area contributed by atoms with Crippen LogP contribution in [0.15, 0.2) is 43.2 Å². The van der Waals surface area contributed by atoms with E-state index in [0.29, 0.717) is 16.9 Å². The third-order valence-electron chi connectivity index (χ3n) is 2.55. The lowest BCUT2D eigenvalue weighted by Gasteiger charge is -2.01. The minimum absolute atomic E-state index is 0.0755. The van der Waals surface area contributed by atoms with Gasteiger partial charge in [0.15, 0.2) is 5.65 Å². The smallest absolute Gasteiger partial charge is 0.200 e. The lowest BCUT2D eigenvalue weighted by atomic mass is 10.2. The van der Waals surface area contributed by atoms with Crippen LogP contribution in [0.25, 0.3) is 11.2 Å². The van der Waals surface area contributed by atoms with E-state index in [1.54, 1.807) is 41.5 Å². The molecular formula is C12H9N5O. The summed E-state index contributed by atoms with van der Waals surface area (Å²) in [5.41, 5.74) is 1.76. The number of imidazole rings is 1. The van der Waals surface area contributed by atoms with Crippen LogP contribution in [0.3, 0.4) is 0 Å². The normalized spacial score (nSPS) is 10.7. The van der Waals surface area contributed by atoms with Crippen molar-refractivity contribution in [2.75, 3.05) is 0 Å². The number of hydrogen-bond acceptors (Lipinski definition) is 5. The van der Waals surface area contributed by atoms with E-state index in [1.807, 2.05) is 0 Å². The molecule has 0 radical (unpaired) electrons. The van der Waals surface area contributed by atoms with Gasteiger partial charge in [-0.3, -0.25) is 9.78 Å². The summed E-state index contributed by atoms with van der Waals surface area (Å²) in [6.45, 7) is 0.171. The number of ketones is 1. The fourth-order valence-electron chi connectivity index (χ4n) is 1.69. The van der Waals surface area contributed by atoms with E-state index in [2.05, 4.69) is 19.9 Å². The number of carbonyl (C=O) groups excluding carboxylic acids is 1. The fourth-order valence-corrected chi connectivity index (χ4v) is 1.69. The van der Waals surface area contributed by atoms with Crippen LogP contribution in [0, 0.1) is 0 Å². The third-order valence-corrected chi connectivity index (χ3v) is 2.55.